The molecule has 1 fully saturated rings. The van der Waals surface area contributed by atoms with E-state index in [4.69, 9.17) is 5.73 Å². The number of hydrogen-bond acceptors (Lipinski definition) is 3. The van der Waals surface area contributed by atoms with E-state index in [1.54, 1.807) is 4.80 Å². The molecule has 1 aliphatic rings. The Morgan fingerprint density at radius 3 is 2.93 bits per heavy atom. The van der Waals surface area contributed by atoms with Crippen LogP contribution in [0.15, 0.2) is 6.20 Å². The van der Waals surface area contributed by atoms with E-state index in [1.807, 2.05) is 13.2 Å². The summed E-state index contributed by atoms with van der Waals surface area (Å²) in [5.74, 6) is 1.16. The average molecular weight is 194 g/mol. The van der Waals surface area contributed by atoms with Crippen LogP contribution >= 0.6 is 0 Å². The predicted octanol–water partition coefficient (Wildman–Crippen LogP) is 1.05. The minimum atomic E-state index is 0.544. The second-order valence-electron chi connectivity index (χ2n) is 4.15. The van der Waals surface area contributed by atoms with E-state index in [0.29, 0.717) is 11.8 Å². The Bertz CT molecular complexity index is 294. The van der Waals surface area contributed by atoms with Crippen molar-refractivity contribution in [2.75, 3.05) is 6.54 Å². The molecule has 0 radical (unpaired) electrons. The van der Waals surface area contributed by atoms with Gasteiger partial charge in [-0.25, -0.2) is 0 Å². The zero-order chi connectivity index (χ0) is 9.97. The van der Waals surface area contributed by atoms with E-state index < -0.39 is 0 Å². The fourth-order valence-electron chi connectivity index (χ4n) is 2.41. The first-order valence-electron chi connectivity index (χ1n) is 5.37. The van der Waals surface area contributed by atoms with Gasteiger partial charge in [0, 0.05) is 13.0 Å². The van der Waals surface area contributed by atoms with Gasteiger partial charge in [-0.3, -0.25) is 0 Å². The van der Waals surface area contributed by atoms with Gasteiger partial charge in [-0.2, -0.15) is 15.0 Å². The molecule has 0 amide bonds. The largest absolute Gasteiger partial charge is 0.330 e. The summed E-state index contributed by atoms with van der Waals surface area (Å²) in [6, 6.07) is 0. The van der Waals surface area contributed by atoms with Crippen LogP contribution in [0.25, 0.3) is 0 Å². The molecule has 1 aromatic rings. The Labute approximate surface area is 84.5 Å². The van der Waals surface area contributed by atoms with Gasteiger partial charge < -0.3 is 5.73 Å². The Morgan fingerprint density at radius 2 is 2.29 bits per heavy atom. The second-order valence-corrected chi connectivity index (χ2v) is 4.15. The number of nitrogens with two attached hydrogens (primary N) is 1. The monoisotopic (exact) mass is 194 g/mol. The van der Waals surface area contributed by atoms with Crippen molar-refractivity contribution in [1.29, 1.82) is 0 Å². The summed E-state index contributed by atoms with van der Waals surface area (Å²) in [4.78, 5) is 1.64. The van der Waals surface area contributed by atoms with Crippen LogP contribution in [0.5, 0.6) is 0 Å². The summed E-state index contributed by atoms with van der Waals surface area (Å²) in [5, 5.41) is 8.51. The summed E-state index contributed by atoms with van der Waals surface area (Å²) >= 11 is 0. The fraction of sp³-hybridized carbons (Fsp3) is 0.800. The van der Waals surface area contributed by atoms with Crippen LogP contribution in [0, 0.1) is 5.92 Å². The van der Waals surface area contributed by atoms with Crippen molar-refractivity contribution >= 4 is 0 Å². The molecule has 0 saturated heterocycles. The molecule has 4 nitrogen and oxygen atoms in total. The third-order valence-electron chi connectivity index (χ3n) is 3.21. The molecule has 1 aliphatic carbocycles. The van der Waals surface area contributed by atoms with Gasteiger partial charge >= 0.3 is 0 Å². The van der Waals surface area contributed by atoms with Gasteiger partial charge in [0.25, 0.3) is 0 Å². The molecule has 0 aliphatic heterocycles. The van der Waals surface area contributed by atoms with Crippen LogP contribution in [0.1, 0.15) is 37.3 Å². The Morgan fingerprint density at radius 1 is 1.50 bits per heavy atom. The van der Waals surface area contributed by atoms with Crippen LogP contribution < -0.4 is 5.73 Å². The maximum Gasteiger partial charge on any atom is 0.0861 e. The molecule has 2 N–H and O–H groups in total. The van der Waals surface area contributed by atoms with Crippen LogP contribution in [-0.2, 0) is 7.05 Å². The van der Waals surface area contributed by atoms with E-state index in [2.05, 4.69) is 10.2 Å². The molecule has 0 bridgehead atoms. The Hall–Kier alpha value is -0.900. The highest BCUT2D eigenvalue weighted by molar-refractivity contribution is 5.05. The minimum Gasteiger partial charge on any atom is -0.330 e. The maximum atomic E-state index is 5.78. The van der Waals surface area contributed by atoms with Crippen molar-refractivity contribution < 1.29 is 0 Å². The Balaban J connectivity index is 2.14. The topological polar surface area (TPSA) is 56.7 Å². The number of rotatable bonds is 2. The summed E-state index contributed by atoms with van der Waals surface area (Å²) in [5.41, 5.74) is 6.91. The standard InChI is InChI=1S/C10H18N4/c1-14-12-7-10(13-14)9-5-3-2-4-8(9)6-11/h7-9H,2-6,11H2,1H3. The van der Waals surface area contributed by atoms with E-state index in [9.17, 15) is 0 Å². The lowest BCUT2D eigenvalue weighted by molar-refractivity contribution is 0.308. The molecule has 14 heavy (non-hydrogen) atoms. The van der Waals surface area contributed by atoms with Crippen molar-refractivity contribution in [3.05, 3.63) is 11.9 Å². The van der Waals surface area contributed by atoms with Crippen LogP contribution in [0.4, 0.5) is 0 Å². The fourth-order valence-corrected chi connectivity index (χ4v) is 2.41. The van der Waals surface area contributed by atoms with E-state index in [1.165, 1.54) is 25.7 Å². The van der Waals surface area contributed by atoms with Crippen molar-refractivity contribution in [3.63, 3.8) is 0 Å². The lowest BCUT2D eigenvalue weighted by Gasteiger charge is -2.28. The highest BCUT2D eigenvalue weighted by atomic mass is 15.4. The van der Waals surface area contributed by atoms with Gasteiger partial charge in [-0.05, 0) is 25.3 Å². The quantitative estimate of drug-likeness (QED) is 0.765. The minimum absolute atomic E-state index is 0.544. The van der Waals surface area contributed by atoms with Gasteiger partial charge in [0.05, 0.1) is 11.9 Å². The summed E-state index contributed by atoms with van der Waals surface area (Å²) < 4.78 is 0. The highest BCUT2D eigenvalue weighted by Crippen LogP contribution is 2.35. The van der Waals surface area contributed by atoms with Crippen molar-refractivity contribution in [2.24, 2.45) is 18.7 Å². The smallest absolute Gasteiger partial charge is 0.0861 e. The zero-order valence-corrected chi connectivity index (χ0v) is 8.69. The summed E-state index contributed by atoms with van der Waals surface area (Å²) in [6.45, 7) is 0.779. The molecule has 4 heteroatoms. The lowest BCUT2D eigenvalue weighted by Crippen LogP contribution is -2.25. The molecule has 2 unspecified atom stereocenters. The number of aryl methyl sites for hydroxylation is 1. The highest BCUT2D eigenvalue weighted by Gasteiger charge is 2.27. The van der Waals surface area contributed by atoms with Crippen molar-refractivity contribution in [3.8, 4) is 0 Å². The van der Waals surface area contributed by atoms with E-state index >= 15 is 0 Å². The third kappa shape index (κ3) is 1.80. The molecule has 1 aromatic heterocycles. The van der Waals surface area contributed by atoms with Crippen molar-refractivity contribution in [2.45, 2.75) is 31.6 Å². The van der Waals surface area contributed by atoms with Crippen LogP contribution in [0.3, 0.4) is 0 Å². The summed E-state index contributed by atoms with van der Waals surface area (Å²) in [7, 11) is 1.86. The maximum absolute atomic E-state index is 5.78. The number of hydrogen-bond donors (Lipinski definition) is 1. The van der Waals surface area contributed by atoms with Gasteiger partial charge in [0.1, 0.15) is 0 Å². The first kappa shape index (κ1) is 9.65. The molecule has 78 valence electrons. The lowest BCUT2D eigenvalue weighted by atomic mass is 9.78. The molecule has 2 atom stereocenters. The molecular weight excluding hydrogens is 176 g/mol. The third-order valence-corrected chi connectivity index (χ3v) is 3.21. The predicted molar refractivity (Wildman–Crippen MR) is 54.8 cm³/mol. The number of nitrogens with zero attached hydrogens (tertiary/aromatic N) is 3. The molecule has 2 rings (SSSR count). The van der Waals surface area contributed by atoms with E-state index in [-0.39, 0.29) is 0 Å². The summed E-state index contributed by atoms with van der Waals surface area (Å²) in [6.07, 6.45) is 6.98. The molecule has 1 saturated carbocycles. The molecular formula is C10H18N4. The van der Waals surface area contributed by atoms with Crippen molar-refractivity contribution in [1.82, 2.24) is 15.0 Å². The molecule has 1 heterocycles. The van der Waals surface area contributed by atoms with Crippen LogP contribution in [0.2, 0.25) is 0 Å². The van der Waals surface area contributed by atoms with Gasteiger partial charge in [0.15, 0.2) is 0 Å². The van der Waals surface area contributed by atoms with E-state index in [0.717, 1.165) is 12.2 Å². The van der Waals surface area contributed by atoms with Gasteiger partial charge in [0.2, 0.25) is 0 Å². The molecule has 0 spiro atoms. The SMILES string of the molecule is Cn1ncc(C2CCCCC2CN)n1. The first-order valence-corrected chi connectivity index (χ1v) is 5.37. The van der Waals surface area contributed by atoms with Gasteiger partial charge in [-0.1, -0.05) is 12.8 Å². The Kier molecular flexibility index (Phi) is 2.82. The van der Waals surface area contributed by atoms with Crippen LogP contribution in [-0.4, -0.2) is 21.5 Å². The normalized spacial score (nSPS) is 27.9. The molecule has 0 aromatic carbocycles. The second kappa shape index (κ2) is 4.09. The van der Waals surface area contributed by atoms with Gasteiger partial charge in [-0.15, -0.1) is 0 Å². The first-order chi connectivity index (χ1) is 6.81. The zero-order valence-electron chi connectivity index (χ0n) is 8.69. The average Bonchev–Trinajstić information content (AvgIpc) is 2.65. The number of aromatic nitrogens is 3.